The van der Waals surface area contributed by atoms with Crippen molar-refractivity contribution in [2.24, 2.45) is 0 Å². The van der Waals surface area contributed by atoms with E-state index in [9.17, 15) is 8.78 Å². The molecule has 0 aromatic carbocycles. The zero-order chi connectivity index (χ0) is 5.91. The fourth-order valence-corrected chi connectivity index (χ4v) is 0.340. The molecule has 0 bridgehead atoms. The average molecular weight is 169 g/mol. The molecule has 0 N–H and O–H groups in total. The van der Waals surface area contributed by atoms with Gasteiger partial charge in [-0.2, -0.15) is 8.78 Å². The van der Waals surface area contributed by atoms with Gasteiger partial charge >= 0.3 is 4.83 Å². The highest BCUT2D eigenvalue weighted by molar-refractivity contribution is 9.10. The van der Waals surface area contributed by atoms with E-state index in [1.165, 1.54) is 6.92 Å². The Bertz CT molecular complexity index is 103. The van der Waals surface area contributed by atoms with Gasteiger partial charge in [0, 0.05) is 15.9 Å². The van der Waals surface area contributed by atoms with E-state index in [2.05, 4.69) is 5.92 Å². The van der Waals surface area contributed by atoms with Crippen molar-refractivity contribution in [3.63, 3.8) is 0 Å². The summed E-state index contributed by atoms with van der Waals surface area (Å²) < 4.78 is 22.9. The van der Waals surface area contributed by atoms with Crippen molar-refractivity contribution >= 4 is 15.9 Å². The normalized spacial score (nSPS) is 9.71. The maximum atomic E-state index is 11.5. The molecule has 0 aliphatic carbocycles. The number of rotatable bonds is 0. The van der Waals surface area contributed by atoms with E-state index in [1.807, 2.05) is 15.9 Å². The summed E-state index contributed by atoms with van der Waals surface area (Å²) in [6.45, 7) is 1.36. The standard InChI is InChI=1S/C4H3BrF2/c1-2-3-4(5,6)7/h1H3. The van der Waals surface area contributed by atoms with Gasteiger partial charge in [-0.15, -0.1) is 0 Å². The van der Waals surface area contributed by atoms with Gasteiger partial charge in [-0.3, -0.25) is 0 Å². The maximum Gasteiger partial charge on any atom is 0.363 e. The van der Waals surface area contributed by atoms with Gasteiger partial charge in [0.2, 0.25) is 0 Å². The van der Waals surface area contributed by atoms with Crippen molar-refractivity contribution < 1.29 is 8.78 Å². The molecule has 0 nitrogen and oxygen atoms in total. The van der Waals surface area contributed by atoms with Crippen LogP contribution in [0.25, 0.3) is 0 Å². The monoisotopic (exact) mass is 168 g/mol. The molecule has 0 aliphatic heterocycles. The molecular weight excluding hydrogens is 166 g/mol. The number of alkyl halides is 3. The van der Waals surface area contributed by atoms with Gasteiger partial charge in [-0.05, 0) is 12.8 Å². The minimum Gasteiger partial charge on any atom is -0.180 e. The van der Waals surface area contributed by atoms with E-state index in [0.717, 1.165) is 0 Å². The van der Waals surface area contributed by atoms with Gasteiger partial charge in [-0.1, -0.05) is 5.92 Å². The summed E-state index contributed by atoms with van der Waals surface area (Å²) in [6.07, 6.45) is 0. The van der Waals surface area contributed by atoms with Gasteiger partial charge in [0.05, 0.1) is 0 Å². The largest absolute Gasteiger partial charge is 0.363 e. The first-order valence-electron chi connectivity index (χ1n) is 1.57. The summed E-state index contributed by atoms with van der Waals surface area (Å²) in [5, 5.41) is 0. The Balaban J connectivity index is 3.72. The van der Waals surface area contributed by atoms with Gasteiger partial charge in [0.25, 0.3) is 0 Å². The van der Waals surface area contributed by atoms with Crippen molar-refractivity contribution in [1.29, 1.82) is 0 Å². The Hall–Kier alpha value is -0.100. The molecular formula is C4H3BrF2. The third-order valence-corrected chi connectivity index (χ3v) is 0.465. The second-order valence-corrected chi connectivity index (χ2v) is 1.87. The van der Waals surface area contributed by atoms with Crippen molar-refractivity contribution in [3.05, 3.63) is 0 Å². The molecule has 0 aromatic rings. The van der Waals surface area contributed by atoms with Crippen LogP contribution in [0.5, 0.6) is 0 Å². The van der Waals surface area contributed by atoms with E-state index >= 15 is 0 Å². The minimum atomic E-state index is -3.00. The van der Waals surface area contributed by atoms with Gasteiger partial charge < -0.3 is 0 Å². The van der Waals surface area contributed by atoms with Crippen molar-refractivity contribution in [3.8, 4) is 11.8 Å². The average Bonchev–Trinajstić information content (AvgIpc) is 1.30. The minimum absolute atomic E-state index is 1.36. The van der Waals surface area contributed by atoms with Gasteiger partial charge in [0.1, 0.15) is 0 Å². The third-order valence-electron chi connectivity index (χ3n) is 0.267. The second kappa shape index (κ2) is 2.27. The molecule has 0 spiro atoms. The predicted molar refractivity (Wildman–Crippen MR) is 27.3 cm³/mol. The number of halogens is 3. The van der Waals surface area contributed by atoms with Crippen LogP contribution in [-0.4, -0.2) is 4.83 Å². The molecule has 40 valence electrons. The van der Waals surface area contributed by atoms with Crippen LogP contribution < -0.4 is 0 Å². The Kier molecular flexibility index (Phi) is 2.24. The molecule has 0 fully saturated rings. The van der Waals surface area contributed by atoms with E-state index in [-0.39, 0.29) is 0 Å². The fourth-order valence-electron chi connectivity index (χ4n) is 0.142. The van der Waals surface area contributed by atoms with E-state index in [1.54, 1.807) is 5.92 Å². The SMILES string of the molecule is CC#CC(F)(F)Br. The smallest absolute Gasteiger partial charge is 0.180 e. The molecule has 0 amide bonds. The molecule has 0 atom stereocenters. The quantitative estimate of drug-likeness (QED) is 0.384. The molecule has 0 rings (SSSR count). The molecule has 3 heteroatoms. The Labute approximate surface area is 49.0 Å². The van der Waals surface area contributed by atoms with Gasteiger partial charge in [0.15, 0.2) is 0 Å². The zero-order valence-corrected chi connectivity index (χ0v) is 5.22. The zero-order valence-electron chi connectivity index (χ0n) is 3.63. The molecule has 0 saturated heterocycles. The van der Waals surface area contributed by atoms with Crippen LogP contribution in [0.15, 0.2) is 0 Å². The van der Waals surface area contributed by atoms with Gasteiger partial charge in [-0.25, -0.2) is 0 Å². The summed E-state index contributed by atoms with van der Waals surface area (Å²) in [4.78, 5) is -3.00. The summed E-state index contributed by atoms with van der Waals surface area (Å²) in [5.74, 6) is 3.68. The highest BCUT2D eigenvalue weighted by Crippen LogP contribution is 2.18. The predicted octanol–water partition coefficient (Wildman–Crippen LogP) is 2.00. The molecule has 0 aromatic heterocycles. The van der Waals surface area contributed by atoms with Crippen LogP contribution >= 0.6 is 15.9 Å². The lowest BCUT2D eigenvalue weighted by atomic mass is 10.6. The van der Waals surface area contributed by atoms with E-state index < -0.39 is 4.83 Å². The first-order valence-corrected chi connectivity index (χ1v) is 2.36. The van der Waals surface area contributed by atoms with Crippen molar-refractivity contribution in [2.45, 2.75) is 11.8 Å². The summed E-state index contributed by atoms with van der Waals surface area (Å²) in [6, 6.07) is 0. The summed E-state index contributed by atoms with van der Waals surface area (Å²) in [5.41, 5.74) is 0. The number of hydrogen-bond donors (Lipinski definition) is 0. The maximum absolute atomic E-state index is 11.5. The molecule has 7 heavy (non-hydrogen) atoms. The fraction of sp³-hybridized carbons (Fsp3) is 0.500. The summed E-state index contributed by atoms with van der Waals surface area (Å²) >= 11 is 2.03. The Morgan fingerprint density at radius 1 is 1.57 bits per heavy atom. The third kappa shape index (κ3) is 5.90. The molecule has 0 saturated carbocycles. The first kappa shape index (κ1) is 6.90. The first-order chi connectivity index (χ1) is 3.06. The van der Waals surface area contributed by atoms with Crippen LogP contribution in [0.2, 0.25) is 0 Å². The molecule has 0 heterocycles. The second-order valence-electron chi connectivity index (χ2n) is 0.873. The lowest BCUT2D eigenvalue weighted by molar-refractivity contribution is 0.182. The highest BCUT2D eigenvalue weighted by Gasteiger charge is 2.17. The van der Waals surface area contributed by atoms with Crippen LogP contribution in [-0.2, 0) is 0 Å². The Morgan fingerprint density at radius 2 is 2.00 bits per heavy atom. The highest BCUT2D eigenvalue weighted by atomic mass is 79.9. The van der Waals surface area contributed by atoms with E-state index in [0.29, 0.717) is 0 Å². The lowest BCUT2D eigenvalue weighted by Crippen LogP contribution is -1.97. The number of hydrogen-bond acceptors (Lipinski definition) is 0. The van der Waals surface area contributed by atoms with E-state index in [4.69, 9.17) is 0 Å². The van der Waals surface area contributed by atoms with Crippen LogP contribution in [0.1, 0.15) is 6.92 Å². The lowest BCUT2D eigenvalue weighted by Gasteiger charge is -1.92. The molecule has 0 unspecified atom stereocenters. The van der Waals surface area contributed by atoms with Crippen molar-refractivity contribution in [2.75, 3.05) is 0 Å². The Morgan fingerprint density at radius 3 is 2.00 bits per heavy atom. The molecule has 0 aliphatic rings. The van der Waals surface area contributed by atoms with Crippen molar-refractivity contribution in [1.82, 2.24) is 0 Å². The van der Waals surface area contributed by atoms with Crippen LogP contribution in [0, 0.1) is 11.8 Å². The van der Waals surface area contributed by atoms with Crippen LogP contribution in [0.4, 0.5) is 8.78 Å². The molecule has 0 radical (unpaired) electrons. The topological polar surface area (TPSA) is 0 Å². The van der Waals surface area contributed by atoms with Crippen LogP contribution in [0.3, 0.4) is 0 Å². The summed E-state index contributed by atoms with van der Waals surface area (Å²) in [7, 11) is 0.